The Morgan fingerprint density at radius 2 is 1.85 bits per heavy atom. The third-order valence-electron chi connectivity index (χ3n) is 4.84. The summed E-state index contributed by atoms with van der Waals surface area (Å²) >= 11 is 0. The van der Waals surface area contributed by atoms with Crippen LogP contribution in [0.2, 0.25) is 0 Å². The number of carbonyl (C=O) groups is 1. The fourth-order valence-electron chi connectivity index (χ4n) is 3.08. The van der Waals surface area contributed by atoms with Crippen LogP contribution in [0.25, 0.3) is 0 Å². The standard InChI is InChI=1S/C19H23N3O3S/c1-15-9-12-22(13-10-15)19(23)17-7-3-4-8-18(17)26(24,25)21(2)16-6-5-11-20-14-16/h3-8,11,14-15H,9-10,12-13H2,1-2H3. The maximum absolute atomic E-state index is 13.1. The molecule has 1 aliphatic rings. The lowest BCUT2D eigenvalue weighted by Gasteiger charge is -2.31. The van der Waals surface area contributed by atoms with Gasteiger partial charge in [-0.3, -0.25) is 14.1 Å². The second-order valence-corrected chi connectivity index (χ2v) is 8.59. The summed E-state index contributed by atoms with van der Waals surface area (Å²) in [6, 6.07) is 9.75. The molecule has 0 aliphatic carbocycles. The molecule has 26 heavy (non-hydrogen) atoms. The zero-order valence-electron chi connectivity index (χ0n) is 15.0. The first kappa shape index (κ1) is 18.4. The minimum atomic E-state index is -3.87. The number of carbonyl (C=O) groups excluding carboxylic acids is 1. The highest BCUT2D eigenvalue weighted by molar-refractivity contribution is 7.92. The van der Waals surface area contributed by atoms with Crippen molar-refractivity contribution in [2.75, 3.05) is 24.4 Å². The van der Waals surface area contributed by atoms with Gasteiger partial charge in [-0.05, 0) is 43.0 Å². The number of aromatic nitrogens is 1. The van der Waals surface area contributed by atoms with Crippen LogP contribution in [0.3, 0.4) is 0 Å². The largest absolute Gasteiger partial charge is 0.339 e. The molecule has 0 spiro atoms. The smallest absolute Gasteiger partial charge is 0.264 e. The summed E-state index contributed by atoms with van der Waals surface area (Å²) in [4.78, 5) is 18.7. The fraction of sp³-hybridized carbons (Fsp3) is 0.368. The normalized spacial score (nSPS) is 15.7. The summed E-state index contributed by atoms with van der Waals surface area (Å²) in [5, 5.41) is 0. The zero-order valence-corrected chi connectivity index (χ0v) is 15.8. The minimum Gasteiger partial charge on any atom is -0.339 e. The van der Waals surface area contributed by atoms with Crippen molar-refractivity contribution >= 4 is 21.6 Å². The Hall–Kier alpha value is -2.41. The third-order valence-corrected chi connectivity index (χ3v) is 6.68. The van der Waals surface area contributed by atoms with Gasteiger partial charge in [-0.15, -0.1) is 0 Å². The summed E-state index contributed by atoms with van der Waals surface area (Å²) in [6.07, 6.45) is 4.94. The molecule has 6 nitrogen and oxygen atoms in total. The molecule has 1 aromatic carbocycles. The topological polar surface area (TPSA) is 70.6 Å². The Morgan fingerprint density at radius 1 is 1.15 bits per heavy atom. The highest BCUT2D eigenvalue weighted by Gasteiger charge is 2.30. The van der Waals surface area contributed by atoms with Crippen LogP contribution in [0.15, 0.2) is 53.7 Å². The number of hydrogen-bond donors (Lipinski definition) is 0. The Kier molecular flexibility index (Phi) is 5.27. The molecule has 1 fully saturated rings. The van der Waals surface area contributed by atoms with Crippen LogP contribution in [-0.2, 0) is 10.0 Å². The maximum Gasteiger partial charge on any atom is 0.264 e. The number of hydrogen-bond acceptors (Lipinski definition) is 4. The number of benzene rings is 1. The van der Waals surface area contributed by atoms with E-state index < -0.39 is 10.0 Å². The van der Waals surface area contributed by atoms with Crippen molar-refractivity contribution in [3.63, 3.8) is 0 Å². The zero-order chi connectivity index (χ0) is 18.7. The van der Waals surface area contributed by atoms with E-state index in [1.807, 2.05) is 0 Å². The van der Waals surface area contributed by atoms with Crippen LogP contribution in [0.4, 0.5) is 5.69 Å². The predicted octanol–water partition coefficient (Wildman–Crippen LogP) is 2.78. The molecule has 0 radical (unpaired) electrons. The molecule has 2 aromatic rings. The molecular weight excluding hydrogens is 350 g/mol. The molecule has 0 saturated carbocycles. The highest BCUT2D eigenvalue weighted by atomic mass is 32.2. The molecule has 0 N–H and O–H groups in total. The number of pyridine rings is 1. The number of anilines is 1. The van der Waals surface area contributed by atoms with E-state index >= 15 is 0 Å². The molecular formula is C19H23N3O3S. The van der Waals surface area contributed by atoms with E-state index in [1.54, 1.807) is 41.4 Å². The molecule has 7 heteroatoms. The summed E-state index contributed by atoms with van der Waals surface area (Å²) < 4.78 is 27.4. The van der Waals surface area contributed by atoms with Crippen molar-refractivity contribution in [2.45, 2.75) is 24.7 Å². The number of nitrogens with zero attached hydrogens (tertiary/aromatic N) is 3. The molecule has 3 rings (SSSR count). The fourth-order valence-corrected chi connectivity index (χ4v) is 4.44. The first-order valence-electron chi connectivity index (χ1n) is 8.68. The molecule has 0 unspecified atom stereocenters. The number of likely N-dealkylation sites (tertiary alicyclic amines) is 1. The van der Waals surface area contributed by atoms with Crippen molar-refractivity contribution < 1.29 is 13.2 Å². The summed E-state index contributed by atoms with van der Waals surface area (Å²) in [5.41, 5.74) is 0.666. The molecule has 0 bridgehead atoms. The average Bonchev–Trinajstić information content (AvgIpc) is 2.68. The van der Waals surface area contributed by atoms with Crippen molar-refractivity contribution in [3.8, 4) is 0 Å². The van der Waals surface area contributed by atoms with E-state index in [4.69, 9.17) is 0 Å². The molecule has 0 atom stereocenters. The van der Waals surface area contributed by atoms with E-state index in [1.165, 1.54) is 19.3 Å². The second-order valence-electron chi connectivity index (χ2n) is 6.65. The van der Waals surface area contributed by atoms with Crippen LogP contribution in [-0.4, -0.2) is 44.3 Å². The Morgan fingerprint density at radius 3 is 2.50 bits per heavy atom. The molecule has 1 aromatic heterocycles. The van der Waals surface area contributed by atoms with Crippen LogP contribution in [0, 0.1) is 5.92 Å². The first-order valence-corrected chi connectivity index (χ1v) is 10.1. The molecule has 1 aliphatic heterocycles. The Bertz CT molecular complexity index is 876. The van der Waals surface area contributed by atoms with Gasteiger partial charge < -0.3 is 4.90 Å². The quantitative estimate of drug-likeness (QED) is 0.826. The number of amides is 1. The molecule has 1 saturated heterocycles. The lowest BCUT2D eigenvalue weighted by Crippen LogP contribution is -2.39. The third kappa shape index (κ3) is 3.58. The maximum atomic E-state index is 13.1. The van der Waals surface area contributed by atoms with Crippen LogP contribution in [0.5, 0.6) is 0 Å². The van der Waals surface area contributed by atoms with Crippen LogP contribution < -0.4 is 4.31 Å². The van der Waals surface area contributed by atoms with Gasteiger partial charge in [0.1, 0.15) is 4.90 Å². The van der Waals surface area contributed by atoms with Gasteiger partial charge in [0, 0.05) is 26.3 Å². The van der Waals surface area contributed by atoms with E-state index in [2.05, 4.69) is 11.9 Å². The van der Waals surface area contributed by atoms with Gasteiger partial charge in [-0.2, -0.15) is 0 Å². The first-order chi connectivity index (χ1) is 12.4. The summed E-state index contributed by atoms with van der Waals surface area (Å²) in [7, 11) is -2.40. The van der Waals surface area contributed by atoms with Crippen molar-refractivity contribution in [1.82, 2.24) is 9.88 Å². The number of sulfonamides is 1. The Balaban J connectivity index is 1.95. The van der Waals surface area contributed by atoms with Crippen LogP contribution in [0.1, 0.15) is 30.1 Å². The molecule has 2 heterocycles. The average molecular weight is 373 g/mol. The van der Waals surface area contributed by atoms with E-state index in [9.17, 15) is 13.2 Å². The second kappa shape index (κ2) is 7.45. The van der Waals surface area contributed by atoms with Gasteiger partial charge in [0.05, 0.1) is 17.4 Å². The van der Waals surface area contributed by atoms with Crippen molar-refractivity contribution in [2.24, 2.45) is 5.92 Å². The SMILES string of the molecule is CC1CCN(C(=O)c2ccccc2S(=O)(=O)N(C)c2cccnc2)CC1. The molecule has 138 valence electrons. The lowest BCUT2D eigenvalue weighted by atomic mass is 9.98. The Labute approximate surface area is 154 Å². The van der Waals surface area contributed by atoms with Gasteiger partial charge >= 0.3 is 0 Å². The van der Waals surface area contributed by atoms with Gasteiger partial charge in [0.2, 0.25) is 0 Å². The monoisotopic (exact) mass is 373 g/mol. The highest BCUT2D eigenvalue weighted by Crippen LogP contribution is 2.26. The van der Waals surface area contributed by atoms with Crippen molar-refractivity contribution in [3.05, 3.63) is 54.4 Å². The van der Waals surface area contributed by atoms with Gasteiger partial charge in [0.15, 0.2) is 0 Å². The number of rotatable bonds is 4. The minimum absolute atomic E-state index is 0.0231. The molecule has 1 amide bonds. The predicted molar refractivity (Wildman–Crippen MR) is 101 cm³/mol. The summed E-state index contributed by atoms with van der Waals surface area (Å²) in [5.74, 6) is 0.366. The van der Waals surface area contributed by atoms with E-state index in [-0.39, 0.29) is 16.4 Å². The number of piperidine rings is 1. The van der Waals surface area contributed by atoms with Crippen molar-refractivity contribution in [1.29, 1.82) is 0 Å². The summed E-state index contributed by atoms with van der Waals surface area (Å²) in [6.45, 7) is 3.49. The lowest BCUT2D eigenvalue weighted by molar-refractivity contribution is 0.0693. The van der Waals surface area contributed by atoms with E-state index in [0.717, 1.165) is 17.1 Å². The van der Waals surface area contributed by atoms with Crippen LogP contribution >= 0.6 is 0 Å². The van der Waals surface area contributed by atoms with E-state index in [0.29, 0.717) is 24.7 Å². The van der Waals surface area contributed by atoms with Gasteiger partial charge in [-0.1, -0.05) is 19.1 Å². The van der Waals surface area contributed by atoms with Gasteiger partial charge in [0.25, 0.3) is 15.9 Å². The van der Waals surface area contributed by atoms with Gasteiger partial charge in [-0.25, -0.2) is 8.42 Å².